The van der Waals surface area contributed by atoms with Crippen LogP contribution in [-0.4, -0.2) is 18.0 Å². The Bertz CT molecular complexity index is 1010. The molecule has 9 heteroatoms. The largest absolute Gasteiger partial charge is 0.447 e. The van der Waals surface area contributed by atoms with Crippen LogP contribution < -0.4 is 4.74 Å². The van der Waals surface area contributed by atoms with Gasteiger partial charge in [0.2, 0.25) is 11.9 Å². The van der Waals surface area contributed by atoms with Crippen molar-refractivity contribution in [1.82, 2.24) is 0 Å². The fourth-order valence-corrected chi connectivity index (χ4v) is 4.58. The van der Waals surface area contributed by atoms with Crippen molar-refractivity contribution < 1.29 is 41.0 Å². The van der Waals surface area contributed by atoms with Crippen LogP contribution in [0.25, 0.3) is 0 Å². The van der Waals surface area contributed by atoms with E-state index in [2.05, 4.69) is 0 Å². The smallest absolute Gasteiger partial charge is 0.348 e. The Hall–Kier alpha value is -2.97. The van der Waals surface area contributed by atoms with E-state index in [1.54, 1.807) is 30.3 Å². The summed E-state index contributed by atoms with van der Waals surface area (Å²) < 4.78 is 80.6. The van der Waals surface area contributed by atoms with Crippen molar-refractivity contribution in [2.75, 3.05) is 0 Å². The molecule has 32 heavy (non-hydrogen) atoms. The molecule has 0 bridgehead atoms. The maximum Gasteiger partial charge on any atom is 0.348 e. The van der Waals surface area contributed by atoms with Crippen LogP contribution in [0.5, 0.6) is 5.75 Å². The van der Waals surface area contributed by atoms with Crippen LogP contribution in [0.3, 0.4) is 0 Å². The standard InChI is InChI=1S/C23H19F5O4/c24-17-16(18(25)20(27)21(28)19(17)26)14(11-6-7-12(10-11)22-23(30)32-22)8-9-15(29)31-13-4-2-1-3-5-13/h1-5,11-12,14,22H,6-10H2. The van der Waals surface area contributed by atoms with E-state index in [1.165, 1.54) is 0 Å². The van der Waals surface area contributed by atoms with Crippen LogP contribution in [0.1, 0.15) is 43.6 Å². The minimum absolute atomic E-state index is 0.180. The maximum atomic E-state index is 14.6. The Balaban J connectivity index is 1.58. The zero-order valence-corrected chi connectivity index (χ0v) is 16.8. The number of halogens is 5. The number of ether oxygens (including phenoxy) is 2. The van der Waals surface area contributed by atoms with E-state index in [1.807, 2.05) is 0 Å². The zero-order chi connectivity index (χ0) is 23.0. The molecule has 4 rings (SSSR count). The van der Waals surface area contributed by atoms with Gasteiger partial charge in [0, 0.05) is 17.9 Å². The average Bonchev–Trinajstić information content (AvgIpc) is 3.31. The van der Waals surface area contributed by atoms with Crippen LogP contribution >= 0.6 is 0 Å². The van der Waals surface area contributed by atoms with Crippen molar-refractivity contribution >= 4 is 11.9 Å². The molecule has 1 heterocycles. The molecule has 0 amide bonds. The Kier molecular flexibility index (Phi) is 6.17. The number of epoxide rings is 1. The molecule has 170 valence electrons. The Morgan fingerprint density at radius 2 is 1.56 bits per heavy atom. The summed E-state index contributed by atoms with van der Waals surface area (Å²) in [5.74, 6) is -12.7. The van der Waals surface area contributed by atoms with Gasteiger partial charge in [-0.1, -0.05) is 18.2 Å². The highest BCUT2D eigenvalue weighted by atomic mass is 19.2. The summed E-state index contributed by atoms with van der Waals surface area (Å²) in [6.07, 6.45) is 0.172. The van der Waals surface area contributed by atoms with Gasteiger partial charge in [0.25, 0.3) is 0 Å². The zero-order valence-electron chi connectivity index (χ0n) is 16.8. The van der Waals surface area contributed by atoms with Crippen molar-refractivity contribution in [3.8, 4) is 5.75 Å². The van der Waals surface area contributed by atoms with Gasteiger partial charge in [-0.2, -0.15) is 0 Å². The quantitative estimate of drug-likeness (QED) is 0.144. The highest BCUT2D eigenvalue weighted by molar-refractivity contribution is 5.87. The first kappa shape index (κ1) is 22.2. The van der Waals surface area contributed by atoms with Crippen LogP contribution in [0, 0.1) is 40.9 Å². The number of cyclic esters (lactones) is 1. The van der Waals surface area contributed by atoms with Crippen LogP contribution in [-0.2, 0) is 14.3 Å². The minimum Gasteiger partial charge on any atom is -0.447 e. The average molecular weight is 454 g/mol. The molecule has 1 saturated heterocycles. The molecule has 1 aliphatic carbocycles. The number of hydrogen-bond donors (Lipinski definition) is 0. The molecule has 4 unspecified atom stereocenters. The molecule has 1 aliphatic heterocycles. The van der Waals surface area contributed by atoms with Crippen molar-refractivity contribution in [1.29, 1.82) is 0 Å². The van der Waals surface area contributed by atoms with Gasteiger partial charge in [0.05, 0.1) is 0 Å². The molecule has 4 atom stereocenters. The lowest BCUT2D eigenvalue weighted by molar-refractivity contribution is -0.134. The predicted octanol–water partition coefficient (Wildman–Crippen LogP) is 5.19. The van der Waals surface area contributed by atoms with Gasteiger partial charge in [-0.25, -0.2) is 26.7 Å². The van der Waals surface area contributed by atoms with E-state index in [0.29, 0.717) is 19.3 Å². The van der Waals surface area contributed by atoms with Crippen molar-refractivity contribution in [3.63, 3.8) is 0 Å². The second-order valence-electron chi connectivity index (χ2n) is 8.11. The number of rotatable bonds is 7. The van der Waals surface area contributed by atoms with Crippen molar-refractivity contribution in [2.45, 2.75) is 44.1 Å². The lowest BCUT2D eigenvalue weighted by Gasteiger charge is -2.25. The van der Waals surface area contributed by atoms with E-state index >= 15 is 0 Å². The maximum absolute atomic E-state index is 14.6. The first-order chi connectivity index (χ1) is 15.3. The lowest BCUT2D eigenvalue weighted by Crippen LogP contribution is -2.20. The first-order valence-electron chi connectivity index (χ1n) is 10.3. The van der Waals surface area contributed by atoms with Crippen LogP contribution in [0.15, 0.2) is 30.3 Å². The van der Waals surface area contributed by atoms with E-state index in [0.717, 1.165) is 0 Å². The van der Waals surface area contributed by atoms with Gasteiger partial charge < -0.3 is 9.47 Å². The third-order valence-electron chi connectivity index (χ3n) is 6.18. The fourth-order valence-electron chi connectivity index (χ4n) is 4.58. The number of carbonyl (C=O) groups excluding carboxylic acids is 2. The van der Waals surface area contributed by atoms with E-state index < -0.39 is 58.6 Å². The third-order valence-corrected chi connectivity index (χ3v) is 6.18. The topological polar surface area (TPSA) is 55.9 Å². The summed E-state index contributed by atoms with van der Waals surface area (Å²) in [4.78, 5) is 23.6. The molecule has 0 spiro atoms. The van der Waals surface area contributed by atoms with Gasteiger partial charge in [-0.3, -0.25) is 4.79 Å². The van der Waals surface area contributed by atoms with Gasteiger partial charge in [0.1, 0.15) is 5.75 Å². The highest BCUT2D eigenvalue weighted by Crippen LogP contribution is 2.48. The van der Waals surface area contributed by atoms with E-state index in [9.17, 15) is 31.5 Å². The van der Waals surface area contributed by atoms with E-state index in [4.69, 9.17) is 9.47 Å². The van der Waals surface area contributed by atoms with Gasteiger partial charge in [-0.05, 0) is 49.7 Å². The van der Waals surface area contributed by atoms with Crippen LogP contribution in [0.2, 0.25) is 0 Å². The molecule has 2 fully saturated rings. The Morgan fingerprint density at radius 3 is 2.16 bits per heavy atom. The fraction of sp³-hybridized carbons (Fsp3) is 0.391. The number of hydrogen-bond acceptors (Lipinski definition) is 4. The predicted molar refractivity (Wildman–Crippen MR) is 101 cm³/mol. The third kappa shape index (κ3) is 4.33. The van der Waals surface area contributed by atoms with Crippen molar-refractivity contribution in [3.05, 3.63) is 65.0 Å². The molecule has 2 aliphatic rings. The summed E-state index contributed by atoms with van der Waals surface area (Å²) in [7, 11) is 0. The van der Waals surface area contributed by atoms with Crippen LogP contribution in [0.4, 0.5) is 22.0 Å². The minimum atomic E-state index is -2.23. The molecule has 4 nitrogen and oxygen atoms in total. The number of carbonyl (C=O) groups is 2. The Morgan fingerprint density at radius 1 is 0.969 bits per heavy atom. The second-order valence-corrected chi connectivity index (χ2v) is 8.11. The van der Waals surface area contributed by atoms with Gasteiger partial charge in [-0.15, -0.1) is 0 Å². The number of benzene rings is 2. The summed E-state index contributed by atoms with van der Waals surface area (Å²) in [5.41, 5.74) is -0.928. The highest BCUT2D eigenvalue weighted by Gasteiger charge is 2.49. The van der Waals surface area contributed by atoms with Crippen molar-refractivity contribution in [2.24, 2.45) is 11.8 Å². The molecular weight excluding hydrogens is 435 g/mol. The molecular formula is C23H19F5O4. The number of esters is 1. The first-order valence-corrected chi connectivity index (χ1v) is 10.3. The molecule has 0 N–H and O–H groups in total. The molecule has 0 radical (unpaired) electrons. The van der Waals surface area contributed by atoms with Gasteiger partial charge in [0.15, 0.2) is 23.3 Å². The monoisotopic (exact) mass is 454 g/mol. The summed E-state index contributed by atoms with van der Waals surface area (Å²) in [5, 5.41) is 0. The molecule has 0 aromatic heterocycles. The summed E-state index contributed by atoms with van der Waals surface area (Å²) in [6.45, 7) is 0. The SMILES string of the molecule is O=C(CCC(c1c(F)c(F)c(F)c(F)c1F)C1CCC(C2OC2=O)C1)Oc1ccccc1. The van der Waals surface area contributed by atoms with E-state index in [-0.39, 0.29) is 30.5 Å². The number of para-hydroxylation sites is 1. The van der Waals surface area contributed by atoms with Gasteiger partial charge >= 0.3 is 11.9 Å². The summed E-state index contributed by atoms with van der Waals surface area (Å²) in [6, 6.07) is 8.13. The lowest BCUT2D eigenvalue weighted by atomic mass is 9.80. The molecule has 1 saturated carbocycles. The second kappa shape index (κ2) is 8.88. The normalized spacial score (nSPS) is 23.0. The molecule has 2 aromatic rings. The summed E-state index contributed by atoms with van der Waals surface area (Å²) >= 11 is 0. The molecule has 2 aromatic carbocycles. The Labute approximate surface area is 180 Å².